The largest absolute Gasteiger partial charge is 0.341 e. The molecule has 2 aromatic rings. The van der Waals surface area contributed by atoms with Crippen molar-refractivity contribution in [1.29, 1.82) is 0 Å². The first-order valence-electron chi connectivity index (χ1n) is 7.56. The number of amides is 1. The molecule has 0 aliphatic carbocycles. The van der Waals surface area contributed by atoms with Crippen LogP contribution in [0.3, 0.4) is 0 Å². The van der Waals surface area contributed by atoms with Crippen LogP contribution in [-0.2, 0) is 21.2 Å². The monoisotopic (exact) mass is 349 g/mol. The number of aryl methyl sites for hydroxylation is 1. The van der Waals surface area contributed by atoms with Crippen LogP contribution in [0.5, 0.6) is 0 Å². The molecular formula is C18H20FNO3S. The molecule has 24 heavy (non-hydrogen) atoms. The second kappa shape index (κ2) is 7.57. The number of sulfone groups is 1. The predicted octanol–water partition coefficient (Wildman–Crippen LogP) is 2.96. The Morgan fingerprint density at radius 2 is 1.62 bits per heavy atom. The van der Waals surface area contributed by atoms with E-state index in [1.165, 1.54) is 17.0 Å². The summed E-state index contributed by atoms with van der Waals surface area (Å²) >= 11 is 0. The van der Waals surface area contributed by atoms with Crippen molar-refractivity contribution in [1.82, 2.24) is 4.90 Å². The van der Waals surface area contributed by atoms with E-state index in [9.17, 15) is 17.6 Å². The summed E-state index contributed by atoms with van der Waals surface area (Å²) in [7, 11) is -1.88. The number of carbonyl (C=O) groups excluding carboxylic acids is 1. The molecule has 1 amide bonds. The van der Waals surface area contributed by atoms with E-state index < -0.39 is 9.84 Å². The Morgan fingerprint density at radius 1 is 1.04 bits per heavy atom. The fraction of sp³-hybridized carbons (Fsp3) is 0.278. The second-order valence-corrected chi connectivity index (χ2v) is 7.87. The standard InChI is InChI=1S/C18H20FNO3S/c1-14-3-9-17(10-4-14)24(22,23)12-11-18(21)20(2)13-15-5-7-16(19)8-6-15/h3-10H,11-13H2,1-2H3. The molecule has 0 heterocycles. The zero-order valence-corrected chi connectivity index (χ0v) is 14.5. The number of hydrogen-bond donors (Lipinski definition) is 0. The summed E-state index contributed by atoms with van der Waals surface area (Å²) in [5, 5.41) is 0. The van der Waals surface area contributed by atoms with Gasteiger partial charge in [0.15, 0.2) is 9.84 Å². The van der Waals surface area contributed by atoms with Gasteiger partial charge in [-0.15, -0.1) is 0 Å². The van der Waals surface area contributed by atoms with Gasteiger partial charge in [0.2, 0.25) is 5.91 Å². The number of nitrogens with zero attached hydrogens (tertiary/aromatic N) is 1. The van der Waals surface area contributed by atoms with Gasteiger partial charge in [-0.3, -0.25) is 4.79 Å². The zero-order valence-electron chi connectivity index (χ0n) is 13.7. The van der Waals surface area contributed by atoms with Crippen molar-refractivity contribution in [3.05, 3.63) is 65.5 Å². The molecule has 0 unspecified atom stereocenters. The van der Waals surface area contributed by atoms with Gasteiger partial charge in [0.05, 0.1) is 10.6 Å². The molecule has 2 aromatic carbocycles. The van der Waals surface area contributed by atoms with Gasteiger partial charge in [0, 0.05) is 20.0 Å². The van der Waals surface area contributed by atoms with Crippen LogP contribution in [0, 0.1) is 12.7 Å². The molecule has 128 valence electrons. The Kier molecular flexibility index (Phi) is 5.72. The Balaban J connectivity index is 1.94. The minimum atomic E-state index is -3.48. The normalized spacial score (nSPS) is 11.3. The van der Waals surface area contributed by atoms with Gasteiger partial charge in [-0.2, -0.15) is 0 Å². The minimum absolute atomic E-state index is 0.0894. The Labute approximate surface area is 141 Å². The highest BCUT2D eigenvalue weighted by molar-refractivity contribution is 7.91. The summed E-state index contributed by atoms with van der Waals surface area (Å²) in [5.41, 5.74) is 1.76. The maximum atomic E-state index is 12.9. The molecule has 0 saturated heterocycles. The molecule has 0 bridgehead atoms. The van der Waals surface area contributed by atoms with Crippen molar-refractivity contribution in [2.75, 3.05) is 12.8 Å². The van der Waals surface area contributed by atoms with E-state index in [1.54, 1.807) is 43.4 Å². The lowest BCUT2D eigenvalue weighted by Gasteiger charge is -2.17. The van der Waals surface area contributed by atoms with Crippen molar-refractivity contribution in [3.63, 3.8) is 0 Å². The third-order valence-corrected chi connectivity index (χ3v) is 5.46. The average Bonchev–Trinajstić information content (AvgIpc) is 2.55. The molecule has 4 nitrogen and oxygen atoms in total. The molecule has 0 radical (unpaired) electrons. The molecule has 0 spiro atoms. The van der Waals surface area contributed by atoms with E-state index in [2.05, 4.69) is 0 Å². The summed E-state index contributed by atoms with van der Waals surface area (Å²) < 4.78 is 37.4. The summed E-state index contributed by atoms with van der Waals surface area (Å²) in [6.45, 7) is 2.19. The van der Waals surface area contributed by atoms with Crippen LogP contribution in [0.1, 0.15) is 17.5 Å². The van der Waals surface area contributed by atoms with Crippen LogP contribution in [-0.4, -0.2) is 32.0 Å². The van der Waals surface area contributed by atoms with Gasteiger partial charge >= 0.3 is 0 Å². The highest BCUT2D eigenvalue weighted by atomic mass is 32.2. The number of halogens is 1. The first-order valence-corrected chi connectivity index (χ1v) is 9.21. The summed E-state index contributed by atoms with van der Waals surface area (Å²) in [4.78, 5) is 13.8. The first kappa shape index (κ1) is 18.1. The summed E-state index contributed by atoms with van der Waals surface area (Å²) in [6, 6.07) is 12.4. The maximum absolute atomic E-state index is 12.9. The molecule has 6 heteroatoms. The molecule has 0 aliphatic rings. The summed E-state index contributed by atoms with van der Waals surface area (Å²) in [5.74, 6) is -0.838. The lowest BCUT2D eigenvalue weighted by Crippen LogP contribution is -2.28. The van der Waals surface area contributed by atoms with E-state index >= 15 is 0 Å². The van der Waals surface area contributed by atoms with Gasteiger partial charge in [0.25, 0.3) is 0 Å². The van der Waals surface area contributed by atoms with Crippen molar-refractivity contribution in [3.8, 4) is 0 Å². The smallest absolute Gasteiger partial charge is 0.223 e. The van der Waals surface area contributed by atoms with Crippen molar-refractivity contribution < 1.29 is 17.6 Å². The number of benzene rings is 2. The molecule has 0 N–H and O–H groups in total. The van der Waals surface area contributed by atoms with Crippen LogP contribution in [0.15, 0.2) is 53.4 Å². The predicted molar refractivity (Wildman–Crippen MR) is 90.7 cm³/mol. The van der Waals surface area contributed by atoms with Crippen LogP contribution >= 0.6 is 0 Å². The van der Waals surface area contributed by atoms with Gasteiger partial charge < -0.3 is 4.90 Å². The van der Waals surface area contributed by atoms with Crippen LogP contribution < -0.4 is 0 Å². The third kappa shape index (κ3) is 4.89. The molecule has 0 atom stereocenters. The highest BCUT2D eigenvalue weighted by Gasteiger charge is 2.18. The Bertz CT molecular complexity index is 799. The highest BCUT2D eigenvalue weighted by Crippen LogP contribution is 2.14. The second-order valence-electron chi connectivity index (χ2n) is 5.76. The number of hydrogen-bond acceptors (Lipinski definition) is 3. The molecule has 2 rings (SSSR count). The van der Waals surface area contributed by atoms with E-state index in [0.29, 0.717) is 6.54 Å². The third-order valence-electron chi connectivity index (χ3n) is 3.72. The molecule has 0 aliphatic heterocycles. The van der Waals surface area contributed by atoms with E-state index in [1.807, 2.05) is 6.92 Å². The average molecular weight is 349 g/mol. The van der Waals surface area contributed by atoms with Gasteiger partial charge in [0.1, 0.15) is 5.82 Å². The van der Waals surface area contributed by atoms with Crippen LogP contribution in [0.2, 0.25) is 0 Å². The minimum Gasteiger partial charge on any atom is -0.341 e. The quantitative estimate of drug-likeness (QED) is 0.806. The van der Waals surface area contributed by atoms with Crippen LogP contribution in [0.25, 0.3) is 0 Å². The van der Waals surface area contributed by atoms with Crippen molar-refractivity contribution in [2.45, 2.75) is 24.8 Å². The van der Waals surface area contributed by atoms with Crippen LogP contribution in [0.4, 0.5) is 4.39 Å². The number of rotatable bonds is 6. The topological polar surface area (TPSA) is 54.5 Å². The van der Waals surface area contributed by atoms with Gasteiger partial charge in [-0.1, -0.05) is 29.8 Å². The van der Waals surface area contributed by atoms with Crippen molar-refractivity contribution >= 4 is 15.7 Å². The first-order chi connectivity index (χ1) is 11.3. The molecule has 0 saturated carbocycles. The Morgan fingerprint density at radius 3 is 2.21 bits per heavy atom. The van der Waals surface area contributed by atoms with E-state index in [4.69, 9.17) is 0 Å². The fourth-order valence-electron chi connectivity index (χ4n) is 2.23. The number of carbonyl (C=O) groups is 1. The van der Waals surface area contributed by atoms with Gasteiger partial charge in [-0.25, -0.2) is 12.8 Å². The Hall–Kier alpha value is -2.21. The van der Waals surface area contributed by atoms with E-state index in [0.717, 1.165) is 11.1 Å². The lowest BCUT2D eigenvalue weighted by atomic mass is 10.2. The molecule has 0 aromatic heterocycles. The van der Waals surface area contributed by atoms with Crippen molar-refractivity contribution in [2.24, 2.45) is 0 Å². The SMILES string of the molecule is Cc1ccc(S(=O)(=O)CCC(=O)N(C)Cc2ccc(F)cc2)cc1. The fourth-order valence-corrected chi connectivity index (χ4v) is 3.46. The zero-order chi connectivity index (χ0) is 17.7. The van der Waals surface area contributed by atoms with E-state index in [-0.39, 0.29) is 28.8 Å². The van der Waals surface area contributed by atoms with Gasteiger partial charge in [-0.05, 0) is 36.8 Å². The summed E-state index contributed by atoms with van der Waals surface area (Å²) in [6.07, 6.45) is -0.0894. The maximum Gasteiger partial charge on any atom is 0.223 e. The molecular weight excluding hydrogens is 329 g/mol. The lowest BCUT2D eigenvalue weighted by molar-refractivity contribution is -0.130. The molecule has 0 fully saturated rings.